The normalized spacial score (nSPS) is 10.7. The van der Waals surface area contributed by atoms with Gasteiger partial charge in [0.1, 0.15) is 12.4 Å². The summed E-state index contributed by atoms with van der Waals surface area (Å²) in [5.74, 6) is 3.17. The largest absolute Gasteiger partial charge is 0.479 e. The monoisotopic (exact) mass is 419 g/mol. The second-order valence-electron chi connectivity index (χ2n) is 4.78. The smallest absolute Gasteiger partial charge is 0.148 e. The molecular formula is C18H15Br2NO. The Kier molecular flexibility index (Phi) is 5.82. The van der Waals surface area contributed by atoms with E-state index in [1.807, 2.05) is 24.3 Å². The van der Waals surface area contributed by atoms with Crippen LogP contribution in [-0.4, -0.2) is 12.8 Å². The second kappa shape index (κ2) is 7.62. The SMILES string of the molecule is C#CCOc1c(Br)cc(Br)cc1C=Nc1cccc(C)c1C. The zero-order chi connectivity index (χ0) is 16.1. The topological polar surface area (TPSA) is 21.6 Å². The van der Waals surface area contributed by atoms with Gasteiger partial charge in [-0.2, -0.15) is 0 Å². The number of rotatable bonds is 4. The predicted molar refractivity (Wildman–Crippen MR) is 99.3 cm³/mol. The maximum Gasteiger partial charge on any atom is 0.148 e. The van der Waals surface area contributed by atoms with Crippen LogP contribution in [0.2, 0.25) is 0 Å². The maximum atomic E-state index is 5.62. The molecule has 0 aliphatic heterocycles. The molecule has 112 valence electrons. The molecule has 0 bridgehead atoms. The molecule has 2 aromatic carbocycles. The van der Waals surface area contributed by atoms with Crippen molar-refractivity contribution in [3.05, 3.63) is 56.0 Å². The van der Waals surface area contributed by atoms with Gasteiger partial charge in [0.05, 0.1) is 10.2 Å². The molecule has 0 spiro atoms. The summed E-state index contributed by atoms with van der Waals surface area (Å²) in [6, 6.07) is 9.94. The van der Waals surface area contributed by atoms with Gasteiger partial charge in [0.15, 0.2) is 0 Å². The lowest BCUT2D eigenvalue weighted by molar-refractivity contribution is 0.367. The van der Waals surface area contributed by atoms with Crippen LogP contribution in [0.3, 0.4) is 0 Å². The van der Waals surface area contributed by atoms with Crippen LogP contribution in [0.5, 0.6) is 5.75 Å². The van der Waals surface area contributed by atoms with E-state index >= 15 is 0 Å². The van der Waals surface area contributed by atoms with E-state index in [1.54, 1.807) is 6.21 Å². The zero-order valence-corrected chi connectivity index (χ0v) is 15.5. The molecule has 0 fully saturated rings. The first-order valence-electron chi connectivity index (χ1n) is 6.68. The molecule has 0 atom stereocenters. The quantitative estimate of drug-likeness (QED) is 0.466. The van der Waals surface area contributed by atoms with Gasteiger partial charge in [-0.15, -0.1) is 6.42 Å². The minimum atomic E-state index is 0.213. The van der Waals surface area contributed by atoms with Crippen LogP contribution in [0.4, 0.5) is 5.69 Å². The van der Waals surface area contributed by atoms with E-state index < -0.39 is 0 Å². The van der Waals surface area contributed by atoms with Crippen molar-refractivity contribution >= 4 is 43.8 Å². The molecule has 4 heteroatoms. The highest BCUT2D eigenvalue weighted by molar-refractivity contribution is 9.11. The fourth-order valence-corrected chi connectivity index (χ4v) is 3.33. The van der Waals surface area contributed by atoms with Crippen molar-refractivity contribution in [3.8, 4) is 18.1 Å². The van der Waals surface area contributed by atoms with Crippen molar-refractivity contribution in [2.45, 2.75) is 13.8 Å². The Bertz CT molecular complexity index is 760. The number of nitrogens with zero attached hydrogens (tertiary/aromatic N) is 1. The summed E-state index contributed by atoms with van der Waals surface area (Å²) in [5.41, 5.74) is 4.18. The number of benzene rings is 2. The first-order valence-corrected chi connectivity index (χ1v) is 8.27. The third-order valence-electron chi connectivity index (χ3n) is 3.26. The Morgan fingerprint density at radius 1 is 1.27 bits per heavy atom. The fourth-order valence-electron chi connectivity index (χ4n) is 1.96. The van der Waals surface area contributed by atoms with E-state index in [4.69, 9.17) is 11.2 Å². The summed E-state index contributed by atoms with van der Waals surface area (Å²) in [5, 5.41) is 0. The summed E-state index contributed by atoms with van der Waals surface area (Å²) >= 11 is 6.98. The third kappa shape index (κ3) is 4.00. The standard InChI is InChI=1S/C18H15Br2NO/c1-4-8-22-18-14(9-15(19)10-16(18)20)11-21-17-7-5-6-12(2)13(17)3/h1,5-7,9-11H,8H2,2-3H3. The Morgan fingerprint density at radius 3 is 2.77 bits per heavy atom. The molecule has 0 heterocycles. The number of ether oxygens (including phenoxy) is 1. The molecule has 2 nitrogen and oxygen atoms in total. The minimum absolute atomic E-state index is 0.213. The number of hydrogen-bond acceptors (Lipinski definition) is 2. The van der Waals surface area contributed by atoms with Gasteiger partial charge in [-0.25, -0.2) is 0 Å². The minimum Gasteiger partial charge on any atom is -0.479 e. The Balaban J connectivity index is 2.42. The van der Waals surface area contributed by atoms with Crippen LogP contribution >= 0.6 is 31.9 Å². The number of hydrogen-bond donors (Lipinski definition) is 0. The maximum absolute atomic E-state index is 5.62. The first-order chi connectivity index (χ1) is 10.5. The predicted octanol–water partition coefficient (Wildman–Crippen LogP) is 5.59. The van der Waals surface area contributed by atoms with Gasteiger partial charge in [0.25, 0.3) is 0 Å². The molecule has 0 saturated heterocycles. The summed E-state index contributed by atoms with van der Waals surface area (Å²) in [4.78, 5) is 4.59. The average Bonchev–Trinajstić information content (AvgIpc) is 2.47. The molecule has 0 unspecified atom stereocenters. The molecule has 0 aliphatic carbocycles. The van der Waals surface area contributed by atoms with Crippen LogP contribution in [-0.2, 0) is 0 Å². The molecule has 0 aliphatic rings. The molecule has 0 amide bonds. The molecule has 0 aromatic heterocycles. The number of halogens is 2. The summed E-state index contributed by atoms with van der Waals surface area (Å²) in [6.45, 7) is 4.35. The lowest BCUT2D eigenvalue weighted by Crippen LogP contribution is -1.99. The molecule has 0 radical (unpaired) electrons. The lowest BCUT2D eigenvalue weighted by Gasteiger charge is -2.10. The van der Waals surface area contributed by atoms with E-state index in [9.17, 15) is 0 Å². The van der Waals surface area contributed by atoms with Crippen molar-refractivity contribution in [1.82, 2.24) is 0 Å². The van der Waals surface area contributed by atoms with E-state index in [1.165, 1.54) is 11.1 Å². The molecule has 2 aromatic rings. The summed E-state index contributed by atoms with van der Waals surface area (Å²) < 4.78 is 7.39. The Hall–Kier alpha value is -1.57. The number of aliphatic imine (C=N–C) groups is 1. The Labute approximate surface area is 147 Å². The van der Waals surface area contributed by atoms with Crippen molar-refractivity contribution in [2.24, 2.45) is 4.99 Å². The number of aryl methyl sites for hydroxylation is 1. The van der Waals surface area contributed by atoms with E-state index in [0.717, 1.165) is 20.2 Å². The average molecular weight is 421 g/mol. The van der Waals surface area contributed by atoms with Gasteiger partial charge in [-0.05, 0) is 59.1 Å². The van der Waals surface area contributed by atoms with Gasteiger partial charge < -0.3 is 4.74 Å². The molecule has 0 saturated carbocycles. The lowest BCUT2D eigenvalue weighted by atomic mass is 10.1. The van der Waals surface area contributed by atoms with Crippen LogP contribution in [0.15, 0.2) is 44.3 Å². The van der Waals surface area contributed by atoms with Gasteiger partial charge in [0.2, 0.25) is 0 Å². The molecular weight excluding hydrogens is 406 g/mol. The highest BCUT2D eigenvalue weighted by atomic mass is 79.9. The Morgan fingerprint density at radius 2 is 2.05 bits per heavy atom. The van der Waals surface area contributed by atoms with Crippen LogP contribution in [0.25, 0.3) is 0 Å². The zero-order valence-electron chi connectivity index (χ0n) is 12.4. The van der Waals surface area contributed by atoms with E-state index in [2.05, 4.69) is 62.7 Å². The third-order valence-corrected chi connectivity index (χ3v) is 4.30. The fraction of sp³-hybridized carbons (Fsp3) is 0.167. The van der Waals surface area contributed by atoms with E-state index in [0.29, 0.717) is 5.75 Å². The highest BCUT2D eigenvalue weighted by Gasteiger charge is 2.09. The van der Waals surface area contributed by atoms with Crippen molar-refractivity contribution < 1.29 is 4.74 Å². The van der Waals surface area contributed by atoms with E-state index in [-0.39, 0.29) is 6.61 Å². The molecule has 2 rings (SSSR count). The molecule has 0 N–H and O–H groups in total. The summed E-state index contributed by atoms with van der Waals surface area (Å²) in [7, 11) is 0. The van der Waals surface area contributed by atoms with Crippen LogP contribution < -0.4 is 4.74 Å². The van der Waals surface area contributed by atoms with Crippen molar-refractivity contribution in [1.29, 1.82) is 0 Å². The second-order valence-corrected chi connectivity index (χ2v) is 6.55. The van der Waals surface area contributed by atoms with Gasteiger partial charge in [-0.1, -0.05) is 34.0 Å². The van der Waals surface area contributed by atoms with Gasteiger partial charge >= 0.3 is 0 Å². The van der Waals surface area contributed by atoms with Gasteiger partial charge in [-0.3, -0.25) is 4.99 Å². The number of terminal acetylenes is 1. The van der Waals surface area contributed by atoms with Crippen molar-refractivity contribution in [3.63, 3.8) is 0 Å². The first kappa shape index (κ1) is 16.8. The van der Waals surface area contributed by atoms with Gasteiger partial charge in [0, 0.05) is 16.3 Å². The molecule has 22 heavy (non-hydrogen) atoms. The summed E-state index contributed by atoms with van der Waals surface area (Å²) in [6.07, 6.45) is 7.07. The highest BCUT2D eigenvalue weighted by Crippen LogP contribution is 2.32. The van der Waals surface area contributed by atoms with Crippen LogP contribution in [0, 0.1) is 26.2 Å². The van der Waals surface area contributed by atoms with Crippen LogP contribution in [0.1, 0.15) is 16.7 Å². The van der Waals surface area contributed by atoms with Crippen molar-refractivity contribution in [2.75, 3.05) is 6.61 Å².